The van der Waals surface area contributed by atoms with Gasteiger partial charge in [0.15, 0.2) is 0 Å². The molecule has 2 aromatic rings. The van der Waals surface area contributed by atoms with Crippen molar-refractivity contribution >= 4 is 12.1 Å². The lowest BCUT2D eigenvalue weighted by atomic mass is 9.90. The zero-order valence-corrected chi connectivity index (χ0v) is 15.5. The number of ether oxygens (including phenoxy) is 1. The Hall–Kier alpha value is -3.21. The monoisotopic (exact) mass is 361 g/mol. The van der Waals surface area contributed by atoms with Crippen molar-refractivity contribution in [2.75, 3.05) is 0 Å². The fraction of sp³-hybridized carbons (Fsp3) is 0.227. The van der Waals surface area contributed by atoms with Gasteiger partial charge in [0.2, 0.25) is 0 Å². The van der Waals surface area contributed by atoms with Crippen molar-refractivity contribution in [2.24, 2.45) is 10.9 Å². The topological polar surface area (TPSA) is 67.4 Å². The van der Waals surface area contributed by atoms with E-state index in [1.807, 2.05) is 48.7 Å². The van der Waals surface area contributed by atoms with E-state index in [9.17, 15) is 4.79 Å². The minimum absolute atomic E-state index is 0.0725. The summed E-state index contributed by atoms with van der Waals surface area (Å²) in [6.45, 7) is 4.33. The molecule has 1 heterocycles. The number of para-hydroxylation sites is 1. The molecule has 0 radical (unpaired) electrons. The Morgan fingerprint density at radius 3 is 2.78 bits per heavy atom. The Morgan fingerprint density at radius 2 is 2.04 bits per heavy atom. The molecule has 0 fully saturated rings. The van der Waals surface area contributed by atoms with Gasteiger partial charge in [0.25, 0.3) is 5.91 Å². The smallest absolute Gasteiger partial charge is 0.280 e. The molecule has 1 aliphatic rings. The van der Waals surface area contributed by atoms with Crippen molar-refractivity contribution < 1.29 is 9.53 Å². The fourth-order valence-corrected chi connectivity index (χ4v) is 3.05. The van der Waals surface area contributed by atoms with Crippen LogP contribution in [0.5, 0.6) is 5.75 Å². The highest BCUT2D eigenvalue weighted by atomic mass is 16.5. The van der Waals surface area contributed by atoms with E-state index in [1.165, 1.54) is 6.21 Å². The molecule has 3 rings (SSSR count). The standard InChI is InChI=1S/C22H23N3O2/c1-3-24-22(26)19-12-8-14-25(21(19)23)15-17-9-7-13-20(16(17)2)27-18-10-5-4-6-11-18/h3-14,16,20,23H,15H2,1-2H3. The highest BCUT2D eigenvalue weighted by Gasteiger charge is 2.23. The van der Waals surface area contributed by atoms with Crippen molar-refractivity contribution in [3.8, 4) is 5.75 Å². The molecule has 1 aromatic heterocycles. The molecule has 0 saturated carbocycles. The van der Waals surface area contributed by atoms with Crippen LogP contribution in [0.4, 0.5) is 0 Å². The second-order valence-corrected chi connectivity index (χ2v) is 6.40. The number of pyridine rings is 1. The summed E-state index contributed by atoms with van der Waals surface area (Å²) in [5.41, 5.74) is 1.60. The second kappa shape index (κ2) is 8.45. The number of hydrogen-bond acceptors (Lipinski definition) is 3. The molecular formula is C22H23N3O2. The summed E-state index contributed by atoms with van der Waals surface area (Å²) >= 11 is 0. The number of hydrogen-bond donors (Lipinski definition) is 1. The van der Waals surface area contributed by atoms with E-state index in [4.69, 9.17) is 10.1 Å². The average molecular weight is 361 g/mol. The van der Waals surface area contributed by atoms with E-state index in [0.717, 1.165) is 11.3 Å². The largest absolute Gasteiger partial charge is 0.486 e. The molecule has 5 nitrogen and oxygen atoms in total. The molecule has 1 N–H and O–H groups in total. The molecule has 5 heteroatoms. The SMILES string of the molecule is CC=NC(=O)c1cccn(CC2=CC=CC(Oc3ccccc3)C2C)c1=N. The number of nitrogens with zero attached hydrogens (tertiary/aromatic N) is 2. The van der Waals surface area contributed by atoms with Crippen LogP contribution in [-0.4, -0.2) is 22.8 Å². The van der Waals surface area contributed by atoms with Gasteiger partial charge in [-0.15, -0.1) is 0 Å². The van der Waals surface area contributed by atoms with Crippen molar-refractivity contribution in [1.29, 1.82) is 5.41 Å². The Labute approximate surface area is 158 Å². The molecule has 2 atom stereocenters. The van der Waals surface area contributed by atoms with Gasteiger partial charge in [-0.2, -0.15) is 0 Å². The number of aliphatic imine (C=N–C) groups is 1. The molecule has 2 unspecified atom stereocenters. The molecule has 0 bridgehead atoms. The van der Waals surface area contributed by atoms with Gasteiger partial charge in [-0.1, -0.05) is 37.3 Å². The molecule has 138 valence electrons. The van der Waals surface area contributed by atoms with Crippen molar-refractivity contribution in [3.63, 3.8) is 0 Å². The van der Waals surface area contributed by atoms with Crippen molar-refractivity contribution in [2.45, 2.75) is 26.5 Å². The predicted molar refractivity (Wildman–Crippen MR) is 106 cm³/mol. The van der Waals surface area contributed by atoms with Crippen LogP contribution < -0.4 is 10.2 Å². The van der Waals surface area contributed by atoms with Gasteiger partial charge < -0.3 is 9.30 Å². The molecule has 27 heavy (non-hydrogen) atoms. The molecule has 0 saturated heterocycles. The second-order valence-electron chi connectivity index (χ2n) is 6.40. The molecule has 0 aliphatic heterocycles. The third-order valence-electron chi connectivity index (χ3n) is 4.61. The third kappa shape index (κ3) is 4.31. The number of carbonyl (C=O) groups is 1. The first-order valence-electron chi connectivity index (χ1n) is 8.96. The average Bonchev–Trinajstić information content (AvgIpc) is 2.67. The number of rotatable bonds is 5. The lowest BCUT2D eigenvalue weighted by Gasteiger charge is -2.28. The van der Waals surface area contributed by atoms with Gasteiger partial charge in [0, 0.05) is 24.9 Å². The lowest BCUT2D eigenvalue weighted by molar-refractivity contribution is 0.100. The lowest BCUT2D eigenvalue weighted by Crippen LogP contribution is -2.31. The van der Waals surface area contributed by atoms with Crippen LogP contribution in [-0.2, 0) is 6.54 Å². The quantitative estimate of drug-likeness (QED) is 0.824. The summed E-state index contributed by atoms with van der Waals surface area (Å²) in [6.07, 6.45) is 9.28. The minimum Gasteiger partial charge on any atom is -0.486 e. The summed E-state index contributed by atoms with van der Waals surface area (Å²) in [5.74, 6) is 0.585. The number of allylic oxidation sites excluding steroid dienone is 2. The Bertz CT molecular complexity index is 955. The Morgan fingerprint density at radius 1 is 1.26 bits per heavy atom. The van der Waals surface area contributed by atoms with Gasteiger partial charge in [-0.3, -0.25) is 10.2 Å². The van der Waals surface area contributed by atoms with Crippen LogP contribution in [0.2, 0.25) is 0 Å². The predicted octanol–water partition coefficient (Wildman–Crippen LogP) is 3.78. The Kier molecular flexibility index (Phi) is 5.81. The first-order chi connectivity index (χ1) is 13.1. The highest BCUT2D eigenvalue weighted by molar-refractivity contribution is 5.98. The first kappa shape index (κ1) is 18.6. The number of carbonyl (C=O) groups excluding carboxylic acids is 1. The van der Waals surface area contributed by atoms with Crippen LogP contribution in [0.25, 0.3) is 0 Å². The van der Waals surface area contributed by atoms with Gasteiger partial charge in [-0.05, 0) is 42.8 Å². The molecule has 1 aliphatic carbocycles. The minimum atomic E-state index is -0.396. The molecule has 1 amide bonds. The summed E-state index contributed by atoms with van der Waals surface area (Å²) in [4.78, 5) is 15.8. The zero-order valence-electron chi connectivity index (χ0n) is 15.5. The summed E-state index contributed by atoms with van der Waals surface area (Å²) in [7, 11) is 0. The number of nitrogens with one attached hydrogen (secondary N) is 1. The number of aromatic nitrogens is 1. The molecule has 1 aromatic carbocycles. The number of benzene rings is 1. The van der Waals surface area contributed by atoms with E-state index in [0.29, 0.717) is 12.1 Å². The third-order valence-corrected chi connectivity index (χ3v) is 4.61. The summed E-state index contributed by atoms with van der Waals surface area (Å²) < 4.78 is 7.87. The van der Waals surface area contributed by atoms with Crippen LogP contribution in [0, 0.1) is 11.3 Å². The van der Waals surface area contributed by atoms with Crippen molar-refractivity contribution in [3.05, 3.63) is 83.5 Å². The number of amides is 1. The first-order valence-corrected chi connectivity index (χ1v) is 8.96. The van der Waals surface area contributed by atoms with E-state index >= 15 is 0 Å². The Balaban J connectivity index is 1.79. The van der Waals surface area contributed by atoms with E-state index < -0.39 is 5.91 Å². The van der Waals surface area contributed by atoms with Crippen LogP contribution in [0.3, 0.4) is 0 Å². The van der Waals surface area contributed by atoms with E-state index in [1.54, 1.807) is 23.6 Å². The maximum absolute atomic E-state index is 12.1. The summed E-state index contributed by atoms with van der Waals surface area (Å²) in [5, 5.41) is 8.36. The zero-order chi connectivity index (χ0) is 19.2. The fourth-order valence-electron chi connectivity index (χ4n) is 3.05. The van der Waals surface area contributed by atoms with Gasteiger partial charge in [-0.25, -0.2) is 4.99 Å². The molecular weight excluding hydrogens is 338 g/mol. The van der Waals surface area contributed by atoms with Gasteiger partial charge in [0.05, 0.1) is 5.56 Å². The maximum Gasteiger partial charge on any atom is 0.280 e. The van der Waals surface area contributed by atoms with Crippen molar-refractivity contribution in [1.82, 2.24) is 4.57 Å². The van der Waals surface area contributed by atoms with Gasteiger partial charge in [0.1, 0.15) is 17.3 Å². The van der Waals surface area contributed by atoms with Crippen LogP contribution >= 0.6 is 0 Å². The van der Waals surface area contributed by atoms with Gasteiger partial charge >= 0.3 is 0 Å². The molecule has 0 spiro atoms. The highest BCUT2D eigenvalue weighted by Crippen LogP contribution is 2.26. The maximum atomic E-state index is 12.1. The normalized spacial score (nSPS) is 19.1. The van der Waals surface area contributed by atoms with E-state index in [2.05, 4.69) is 18.0 Å². The van der Waals surface area contributed by atoms with Crippen LogP contribution in [0.1, 0.15) is 24.2 Å². The summed E-state index contributed by atoms with van der Waals surface area (Å²) in [6, 6.07) is 13.2. The van der Waals surface area contributed by atoms with Crippen LogP contribution in [0.15, 0.2) is 77.5 Å². The van der Waals surface area contributed by atoms with E-state index in [-0.39, 0.29) is 17.5 Å².